The molecule has 0 amide bonds. The minimum absolute atomic E-state index is 0.231. The van der Waals surface area contributed by atoms with Gasteiger partial charge in [-0.25, -0.2) is 0 Å². The van der Waals surface area contributed by atoms with Gasteiger partial charge in [0, 0.05) is 37.7 Å². The molecule has 1 heterocycles. The zero-order chi connectivity index (χ0) is 13.9. The van der Waals surface area contributed by atoms with Gasteiger partial charge in [0.1, 0.15) is 0 Å². The molecular weight excluding hydrogens is 248 g/mol. The van der Waals surface area contributed by atoms with E-state index in [1.165, 1.54) is 0 Å². The van der Waals surface area contributed by atoms with Crippen molar-refractivity contribution in [1.29, 1.82) is 0 Å². The minimum Gasteiger partial charge on any atom is -0.311 e. The Morgan fingerprint density at radius 3 is 2.90 bits per heavy atom. The van der Waals surface area contributed by atoms with Gasteiger partial charge < -0.3 is 10.2 Å². The molecule has 3 heteroatoms. The number of carbonyl (C=O) groups is 1. The summed E-state index contributed by atoms with van der Waals surface area (Å²) < 4.78 is 0. The predicted molar refractivity (Wildman–Crippen MR) is 82.2 cm³/mol. The van der Waals surface area contributed by atoms with Gasteiger partial charge in [-0.2, -0.15) is 0 Å². The molecule has 1 fully saturated rings. The highest BCUT2D eigenvalue weighted by Crippen LogP contribution is 2.20. The molecule has 0 aliphatic carbocycles. The van der Waals surface area contributed by atoms with Gasteiger partial charge in [-0.1, -0.05) is 42.5 Å². The molecule has 104 valence electrons. The highest BCUT2D eigenvalue weighted by Gasteiger charge is 2.20. The number of nitrogens with zero attached hydrogens (tertiary/aromatic N) is 1. The number of piperazine rings is 1. The second-order valence-corrected chi connectivity index (χ2v) is 5.57. The number of benzene rings is 2. The van der Waals surface area contributed by atoms with Crippen LogP contribution in [0.15, 0.2) is 42.5 Å². The summed E-state index contributed by atoms with van der Waals surface area (Å²) in [7, 11) is 2.11. The Kier molecular flexibility index (Phi) is 3.81. The Hall–Kier alpha value is -1.71. The summed E-state index contributed by atoms with van der Waals surface area (Å²) in [6, 6.07) is 14.3. The van der Waals surface area contributed by atoms with E-state index < -0.39 is 0 Å². The molecule has 3 nitrogen and oxygen atoms in total. The van der Waals surface area contributed by atoms with Gasteiger partial charge in [-0.15, -0.1) is 0 Å². The molecule has 0 saturated carbocycles. The third-order valence-corrected chi connectivity index (χ3v) is 3.98. The van der Waals surface area contributed by atoms with Crippen LogP contribution in [0.2, 0.25) is 0 Å². The molecular formula is C17H20N2O. The van der Waals surface area contributed by atoms with Crippen LogP contribution in [0.1, 0.15) is 16.8 Å². The van der Waals surface area contributed by atoms with E-state index in [9.17, 15) is 4.79 Å². The van der Waals surface area contributed by atoms with E-state index in [2.05, 4.69) is 29.4 Å². The maximum atomic E-state index is 12.6. The van der Waals surface area contributed by atoms with Crippen molar-refractivity contribution in [3.8, 4) is 0 Å². The van der Waals surface area contributed by atoms with Gasteiger partial charge in [0.2, 0.25) is 0 Å². The van der Waals surface area contributed by atoms with E-state index >= 15 is 0 Å². The standard InChI is InChI=1S/C17H20N2O/c1-19-10-9-18-14(12-19)11-17(20)16-8-4-6-13-5-2-3-7-15(13)16/h2-8,14,18H,9-12H2,1H3. The number of rotatable bonds is 3. The Morgan fingerprint density at radius 2 is 2.05 bits per heavy atom. The maximum Gasteiger partial charge on any atom is 0.165 e. The summed E-state index contributed by atoms with van der Waals surface area (Å²) in [5.74, 6) is 0.231. The first-order chi connectivity index (χ1) is 9.74. The van der Waals surface area contributed by atoms with Gasteiger partial charge in [-0.05, 0) is 17.8 Å². The van der Waals surface area contributed by atoms with E-state index in [0.29, 0.717) is 6.42 Å². The average molecular weight is 268 g/mol. The van der Waals surface area contributed by atoms with Crippen LogP contribution >= 0.6 is 0 Å². The highest BCUT2D eigenvalue weighted by atomic mass is 16.1. The fraction of sp³-hybridized carbons (Fsp3) is 0.353. The van der Waals surface area contributed by atoms with Gasteiger partial charge >= 0.3 is 0 Å². The predicted octanol–water partition coefficient (Wildman–Crippen LogP) is 2.32. The van der Waals surface area contributed by atoms with E-state index in [4.69, 9.17) is 0 Å². The SMILES string of the molecule is CN1CCNC(CC(=O)c2cccc3ccccc23)C1. The molecule has 0 aromatic heterocycles. The Morgan fingerprint density at radius 1 is 1.25 bits per heavy atom. The number of hydrogen-bond donors (Lipinski definition) is 1. The van der Waals surface area contributed by atoms with Crippen LogP contribution in [-0.2, 0) is 0 Å². The molecule has 1 atom stereocenters. The zero-order valence-electron chi connectivity index (χ0n) is 11.8. The molecule has 2 aromatic rings. The minimum atomic E-state index is 0.231. The van der Waals surface area contributed by atoms with Gasteiger partial charge in [-0.3, -0.25) is 4.79 Å². The Balaban J connectivity index is 1.82. The lowest BCUT2D eigenvalue weighted by atomic mass is 9.97. The molecule has 1 aliphatic rings. The number of Topliss-reactive ketones (excluding diaryl/α,β-unsaturated/α-hetero) is 1. The van der Waals surface area contributed by atoms with Gasteiger partial charge in [0.25, 0.3) is 0 Å². The first kappa shape index (κ1) is 13.3. The van der Waals surface area contributed by atoms with Crippen LogP contribution in [0, 0.1) is 0 Å². The molecule has 3 rings (SSSR count). The average Bonchev–Trinajstić information content (AvgIpc) is 2.46. The van der Waals surface area contributed by atoms with Crippen LogP contribution in [0.3, 0.4) is 0 Å². The second-order valence-electron chi connectivity index (χ2n) is 5.57. The van der Waals surface area contributed by atoms with Gasteiger partial charge in [0.15, 0.2) is 5.78 Å². The summed E-state index contributed by atoms with van der Waals surface area (Å²) in [5.41, 5.74) is 0.845. The normalized spacial score (nSPS) is 20.1. The van der Waals surface area contributed by atoms with Gasteiger partial charge in [0.05, 0.1) is 0 Å². The van der Waals surface area contributed by atoms with E-state index in [1.807, 2.05) is 30.3 Å². The lowest BCUT2D eigenvalue weighted by Gasteiger charge is -2.30. The van der Waals surface area contributed by atoms with Crippen molar-refractivity contribution < 1.29 is 4.79 Å². The molecule has 0 bridgehead atoms. The van der Waals surface area contributed by atoms with Crippen molar-refractivity contribution in [1.82, 2.24) is 10.2 Å². The topological polar surface area (TPSA) is 32.3 Å². The number of fused-ring (bicyclic) bond motifs is 1. The summed E-state index contributed by atoms with van der Waals surface area (Å²) in [6.45, 7) is 2.96. The van der Waals surface area contributed by atoms with Crippen LogP contribution in [0.4, 0.5) is 0 Å². The lowest BCUT2D eigenvalue weighted by Crippen LogP contribution is -2.49. The highest BCUT2D eigenvalue weighted by molar-refractivity contribution is 6.08. The van der Waals surface area contributed by atoms with Crippen molar-refractivity contribution >= 4 is 16.6 Å². The number of likely N-dealkylation sites (N-methyl/N-ethyl adjacent to an activating group) is 1. The summed E-state index contributed by atoms with van der Waals surface area (Å²) in [4.78, 5) is 14.9. The Labute approximate surface area is 119 Å². The molecule has 2 aromatic carbocycles. The maximum absolute atomic E-state index is 12.6. The van der Waals surface area contributed by atoms with E-state index in [0.717, 1.165) is 36.0 Å². The van der Waals surface area contributed by atoms with Crippen molar-refractivity contribution in [3.63, 3.8) is 0 Å². The quantitative estimate of drug-likeness (QED) is 0.867. The molecule has 1 N–H and O–H groups in total. The number of nitrogens with one attached hydrogen (secondary N) is 1. The molecule has 0 spiro atoms. The van der Waals surface area contributed by atoms with Crippen molar-refractivity contribution in [2.45, 2.75) is 12.5 Å². The van der Waals surface area contributed by atoms with Crippen molar-refractivity contribution in [2.75, 3.05) is 26.7 Å². The Bertz CT molecular complexity index is 618. The molecule has 0 radical (unpaired) electrons. The zero-order valence-corrected chi connectivity index (χ0v) is 11.8. The third kappa shape index (κ3) is 2.74. The largest absolute Gasteiger partial charge is 0.311 e. The summed E-state index contributed by atoms with van der Waals surface area (Å²) in [6.07, 6.45) is 0.568. The number of carbonyl (C=O) groups excluding carboxylic acids is 1. The lowest BCUT2D eigenvalue weighted by molar-refractivity contribution is 0.0953. The smallest absolute Gasteiger partial charge is 0.165 e. The summed E-state index contributed by atoms with van der Waals surface area (Å²) >= 11 is 0. The number of hydrogen-bond acceptors (Lipinski definition) is 3. The van der Waals surface area contributed by atoms with Crippen LogP contribution < -0.4 is 5.32 Å². The first-order valence-electron chi connectivity index (χ1n) is 7.17. The fourth-order valence-electron chi connectivity index (χ4n) is 2.93. The molecule has 1 unspecified atom stereocenters. The van der Waals surface area contributed by atoms with E-state index in [1.54, 1.807) is 0 Å². The van der Waals surface area contributed by atoms with E-state index in [-0.39, 0.29) is 11.8 Å². The fourth-order valence-corrected chi connectivity index (χ4v) is 2.93. The van der Waals surface area contributed by atoms with Crippen LogP contribution in [-0.4, -0.2) is 43.4 Å². The molecule has 1 aliphatic heterocycles. The molecule has 1 saturated heterocycles. The monoisotopic (exact) mass is 268 g/mol. The van der Waals surface area contributed by atoms with Crippen LogP contribution in [0.5, 0.6) is 0 Å². The van der Waals surface area contributed by atoms with Crippen molar-refractivity contribution in [2.24, 2.45) is 0 Å². The van der Waals surface area contributed by atoms with Crippen molar-refractivity contribution in [3.05, 3.63) is 48.0 Å². The first-order valence-corrected chi connectivity index (χ1v) is 7.17. The second kappa shape index (κ2) is 5.73. The summed E-state index contributed by atoms with van der Waals surface area (Å²) in [5, 5.41) is 5.63. The number of ketones is 1. The third-order valence-electron chi connectivity index (χ3n) is 3.98. The molecule has 20 heavy (non-hydrogen) atoms. The van der Waals surface area contributed by atoms with Crippen LogP contribution in [0.25, 0.3) is 10.8 Å².